The third-order valence-electron chi connectivity index (χ3n) is 3.19. The van der Waals surface area contributed by atoms with Gasteiger partial charge in [-0.25, -0.2) is 0 Å². The molecule has 1 aliphatic heterocycles. The molecule has 1 heterocycles. The average Bonchev–Trinajstić information content (AvgIpc) is 2.69. The summed E-state index contributed by atoms with van der Waals surface area (Å²) in [6.45, 7) is 5.38. The van der Waals surface area contributed by atoms with Gasteiger partial charge in [-0.2, -0.15) is 0 Å². The van der Waals surface area contributed by atoms with Crippen molar-refractivity contribution in [3.8, 4) is 0 Å². The minimum Gasteiger partial charge on any atom is -0.310 e. The van der Waals surface area contributed by atoms with Crippen LogP contribution in [0.1, 0.15) is 35.6 Å². The highest BCUT2D eigenvalue weighted by molar-refractivity contribution is 9.10. The van der Waals surface area contributed by atoms with E-state index in [-0.39, 0.29) is 0 Å². The minimum atomic E-state index is 0.486. The van der Waals surface area contributed by atoms with E-state index in [1.165, 1.54) is 29.5 Å². The van der Waals surface area contributed by atoms with E-state index in [4.69, 9.17) is 11.6 Å². The number of halogens is 2. The second kappa shape index (κ2) is 4.44. The average molecular weight is 289 g/mol. The van der Waals surface area contributed by atoms with Gasteiger partial charge in [-0.1, -0.05) is 27.5 Å². The van der Waals surface area contributed by atoms with Crippen molar-refractivity contribution in [2.45, 2.75) is 32.7 Å². The van der Waals surface area contributed by atoms with Gasteiger partial charge in [0.15, 0.2) is 0 Å². The Morgan fingerprint density at radius 1 is 1.40 bits per heavy atom. The molecule has 1 fully saturated rings. The highest BCUT2D eigenvalue weighted by Crippen LogP contribution is 2.36. The molecule has 1 saturated heterocycles. The highest BCUT2D eigenvalue weighted by Gasteiger charge is 2.22. The topological polar surface area (TPSA) is 12.0 Å². The van der Waals surface area contributed by atoms with Crippen molar-refractivity contribution in [2.75, 3.05) is 6.54 Å². The standard InChI is InChI=1S/C12H15BrClN/c1-7-9(13)6-10(14)8(2)12(7)11-4-3-5-15-11/h6,11,15H,3-5H2,1-2H3. The first-order chi connectivity index (χ1) is 7.11. The molecule has 2 rings (SSSR count). The largest absolute Gasteiger partial charge is 0.310 e. The maximum Gasteiger partial charge on any atom is 0.0449 e. The van der Waals surface area contributed by atoms with Gasteiger partial charge in [0.1, 0.15) is 0 Å². The van der Waals surface area contributed by atoms with Crippen LogP contribution in [0.5, 0.6) is 0 Å². The molecule has 1 N–H and O–H groups in total. The number of rotatable bonds is 1. The lowest BCUT2D eigenvalue weighted by Crippen LogP contribution is -2.15. The number of benzene rings is 1. The lowest BCUT2D eigenvalue weighted by Gasteiger charge is -2.19. The van der Waals surface area contributed by atoms with Crippen LogP contribution in [0.4, 0.5) is 0 Å². The van der Waals surface area contributed by atoms with Gasteiger partial charge in [0.05, 0.1) is 0 Å². The van der Waals surface area contributed by atoms with Crippen molar-refractivity contribution < 1.29 is 0 Å². The van der Waals surface area contributed by atoms with E-state index < -0.39 is 0 Å². The number of hydrogen-bond donors (Lipinski definition) is 1. The molecule has 0 spiro atoms. The summed E-state index contributed by atoms with van der Waals surface area (Å²) >= 11 is 9.78. The summed E-state index contributed by atoms with van der Waals surface area (Å²) in [5.41, 5.74) is 3.92. The van der Waals surface area contributed by atoms with E-state index in [0.717, 1.165) is 16.0 Å². The zero-order valence-corrected chi connectivity index (χ0v) is 11.4. The fraction of sp³-hybridized carbons (Fsp3) is 0.500. The molecule has 0 saturated carbocycles. The molecule has 0 radical (unpaired) electrons. The summed E-state index contributed by atoms with van der Waals surface area (Å²) in [7, 11) is 0. The van der Waals surface area contributed by atoms with Crippen molar-refractivity contribution in [1.82, 2.24) is 5.32 Å². The van der Waals surface area contributed by atoms with E-state index in [2.05, 4.69) is 35.1 Å². The number of nitrogens with one attached hydrogen (secondary N) is 1. The molecule has 15 heavy (non-hydrogen) atoms. The van der Waals surface area contributed by atoms with Gasteiger partial charge in [0.25, 0.3) is 0 Å². The van der Waals surface area contributed by atoms with Crippen molar-refractivity contribution in [3.05, 3.63) is 32.3 Å². The van der Waals surface area contributed by atoms with E-state index in [1.807, 2.05) is 6.07 Å². The van der Waals surface area contributed by atoms with Crippen molar-refractivity contribution in [3.63, 3.8) is 0 Å². The van der Waals surface area contributed by atoms with Crippen LogP contribution in [0.3, 0.4) is 0 Å². The Bertz CT molecular complexity index is 357. The summed E-state index contributed by atoms with van der Waals surface area (Å²) in [6, 6.07) is 2.48. The zero-order valence-electron chi connectivity index (χ0n) is 9.03. The van der Waals surface area contributed by atoms with Crippen LogP contribution in [-0.2, 0) is 0 Å². The molecular weight excluding hydrogens is 273 g/mol. The molecule has 1 atom stereocenters. The van der Waals surface area contributed by atoms with Gasteiger partial charge < -0.3 is 5.32 Å². The molecule has 0 bridgehead atoms. The fourth-order valence-electron chi connectivity index (χ4n) is 2.32. The molecule has 1 unspecified atom stereocenters. The van der Waals surface area contributed by atoms with E-state index in [1.54, 1.807) is 0 Å². The number of hydrogen-bond acceptors (Lipinski definition) is 1. The van der Waals surface area contributed by atoms with Crippen molar-refractivity contribution in [1.29, 1.82) is 0 Å². The van der Waals surface area contributed by atoms with Crippen LogP contribution >= 0.6 is 27.5 Å². The molecule has 1 aromatic carbocycles. The van der Waals surface area contributed by atoms with Gasteiger partial charge in [-0.15, -0.1) is 0 Å². The Morgan fingerprint density at radius 3 is 2.73 bits per heavy atom. The maximum absolute atomic E-state index is 6.21. The molecule has 0 aromatic heterocycles. The Hall–Kier alpha value is -0.0500. The Morgan fingerprint density at radius 2 is 2.13 bits per heavy atom. The summed E-state index contributed by atoms with van der Waals surface area (Å²) < 4.78 is 1.11. The molecule has 1 aromatic rings. The molecule has 82 valence electrons. The SMILES string of the molecule is Cc1c(Cl)cc(Br)c(C)c1C1CCCN1. The maximum atomic E-state index is 6.21. The first kappa shape index (κ1) is 11.4. The second-order valence-corrected chi connectivity index (χ2v) is 5.41. The van der Waals surface area contributed by atoms with E-state index in [9.17, 15) is 0 Å². The Balaban J connectivity index is 2.52. The van der Waals surface area contributed by atoms with Crippen LogP contribution in [0, 0.1) is 13.8 Å². The van der Waals surface area contributed by atoms with Gasteiger partial charge in [-0.05, 0) is 56.0 Å². The minimum absolute atomic E-state index is 0.486. The van der Waals surface area contributed by atoms with Gasteiger partial charge in [-0.3, -0.25) is 0 Å². The van der Waals surface area contributed by atoms with E-state index in [0.29, 0.717) is 6.04 Å². The molecular formula is C12H15BrClN. The third kappa shape index (κ3) is 2.08. The summed E-state index contributed by atoms with van der Waals surface area (Å²) in [5, 5.41) is 4.39. The summed E-state index contributed by atoms with van der Waals surface area (Å²) in [4.78, 5) is 0. The Labute approximate surface area is 104 Å². The van der Waals surface area contributed by atoms with Crippen LogP contribution in [-0.4, -0.2) is 6.54 Å². The molecule has 1 aliphatic rings. The lowest BCUT2D eigenvalue weighted by molar-refractivity contribution is 0.639. The van der Waals surface area contributed by atoms with E-state index >= 15 is 0 Å². The first-order valence-electron chi connectivity index (χ1n) is 5.29. The second-order valence-electron chi connectivity index (χ2n) is 4.15. The first-order valence-corrected chi connectivity index (χ1v) is 6.47. The third-order valence-corrected chi connectivity index (χ3v) is 4.40. The van der Waals surface area contributed by atoms with Crippen molar-refractivity contribution >= 4 is 27.5 Å². The van der Waals surface area contributed by atoms with Crippen LogP contribution in [0.25, 0.3) is 0 Å². The monoisotopic (exact) mass is 287 g/mol. The lowest BCUT2D eigenvalue weighted by atomic mass is 9.95. The fourth-order valence-corrected chi connectivity index (χ4v) is 3.11. The smallest absolute Gasteiger partial charge is 0.0449 e. The molecule has 3 heteroatoms. The van der Waals surface area contributed by atoms with Crippen LogP contribution in [0.2, 0.25) is 5.02 Å². The van der Waals surface area contributed by atoms with Crippen molar-refractivity contribution in [2.24, 2.45) is 0 Å². The highest BCUT2D eigenvalue weighted by atomic mass is 79.9. The normalized spacial score (nSPS) is 20.9. The van der Waals surface area contributed by atoms with Crippen LogP contribution in [0.15, 0.2) is 10.5 Å². The van der Waals surface area contributed by atoms with Gasteiger partial charge in [0, 0.05) is 15.5 Å². The Kier molecular flexibility index (Phi) is 3.39. The molecule has 0 aliphatic carbocycles. The van der Waals surface area contributed by atoms with Gasteiger partial charge >= 0.3 is 0 Å². The van der Waals surface area contributed by atoms with Crippen LogP contribution < -0.4 is 5.32 Å². The predicted octanol–water partition coefficient (Wildman–Crippen LogP) is 4.14. The molecule has 0 amide bonds. The summed E-state index contributed by atoms with van der Waals surface area (Å²) in [5.74, 6) is 0. The zero-order chi connectivity index (χ0) is 11.0. The molecule has 1 nitrogen and oxygen atoms in total. The predicted molar refractivity (Wildman–Crippen MR) is 68.6 cm³/mol. The quantitative estimate of drug-likeness (QED) is 0.819. The summed E-state index contributed by atoms with van der Waals surface area (Å²) in [6.07, 6.45) is 2.47. The van der Waals surface area contributed by atoms with Gasteiger partial charge in [0.2, 0.25) is 0 Å².